The molecular formula is C15H19O8P. The van der Waals surface area contributed by atoms with Crippen molar-refractivity contribution in [2.45, 2.75) is 50.3 Å². The summed E-state index contributed by atoms with van der Waals surface area (Å²) in [7, 11) is -3.94. The molecule has 3 aliphatic rings. The lowest BCUT2D eigenvalue weighted by atomic mass is 10.1. The van der Waals surface area contributed by atoms with Gasteiger partial charge in [0.25, 0.3) is 0 Å². The maximum atomic E-state index is 12.9. The van der Waals surface area contributed by atoms with Crippen LogP contribution in [-0.2, 0) is 27.8 Å². The zero-order chi connectivity index (χ0) is 16.9. The summed E-state index contributed by atoms with van der Waals surface area (Å²) in [5.41, 5.74) is 0. The predicted octanol–water partition coefficient (Wildman–Crippen LogP) is 1.83. The molecule has 0 aliphatic carbocycles. The van der Waals surface area contributed by atoms with Gasteiger partial charge in [-0.1, -0.05) is 18.2 Å². The lowest BCUT2D eigenvalue weighted by Crippen LogP contribution is -2.48. The SMILES string of the molecule is CC1(C)O[C@H]2O[C@H]3[C@H](O[P@](=O)(Oc4ccccc4)O[C@@H]3CO)[C@H]2O1. The lowest BCUT2D eigenvalue weighted by Gasteiger charge is -2.37. The molecule has 1 N–H and O–H groups in total. The third-order valence-corrected chi connectivity index (χ3v) is 5.51. The van der Waals surface area contributed by atoms with Crippen molar-refractivity contribution in [3.05, 3.63) is 30.3 Å². The van der Waals surface area contributed by atoms with Gasteiger partial charge in [-0.25, -0.2) is 4.57 Å². The average molecular weight is 358 g/mol. The second-order valence-corrected chi connectivity index (χ2v) is 7.82. The van der Waals surface area contributed by atoms with Gasteiger partial charge < -0.3 is 23.8 Å². The van der Waals surface area contributed by atoms with E-state index < -0.39 is 50.9 Å². The van der Waals surface area contributed by atoms with E-state index in [0.29, 0.717) is 5.75 Å². The average Bonchev–Trinajstić information content (AvgIpc) is 2.99. The van der Waals surface area contributed by atoms with Crippen molar-refractivity contribution in [1.82, 2.24) is 0 Å². The van der Waals surface area contributed by atoms with Crippen molar-refractivity contribution < 1.29 is 37.5 Å². The summed E-state index contributed by atoms with van der Waals surface area (Å²) in [4.78, 5) is 0. The van der Waals surface area contributed by atoms with Crippen LogP contribution in [-0.4, -0.2) is 48.2 Å². The van der Waals surface area contributed by atoms with Gasteiger partial charge in [0.05, 0.1) is 6.61 Å². The number of phosphoric ester groups is 1. The van der Waals surface area contributed by atoms with Crippen LogP contribution in [0.15, 0.2) is 30.3 Å². The Hall–Kier alpha value is -0.990. The number of fused-ring (bicyclic) bond motifs is 3. The summed E-state index contributed by atoms with van der Waals surface area (Å²) in [5.74, 6) is -0.489. The Balaban J connectivity index is 1.58. The second-order valence-electron chi connectivity index (χ2n) is 6.32. The van der Waals surface area contributed by atoms with Crippen LogP contribution in [0.2, 0.25) is 0 Å². The van der Waals surface area contributed by atoms with E-state index in [0.717, 1.165) is 0 Å². The van der Waals surface area contributed by atoms with Crippen LogP contribution in [0, 0.1) is 0 Å². The second kappa shape index (κ2) is 5.78. The molecular weight excluding hydrogens is 339 g/mol. The Kier molecular flexibility index (Phi) is 3.97. The van der Waals surface area contributed by atoms with E-state index in [2.05, 4.69) is 0 Å². The summed E-state index contributed by atoms with van der Waals surface area (Å²) in [6, 6.07) is 8.56. The van der Waals surface area contributed by atoms with E-state index in [9.17, 15) is 9.67 Å². The number of benzene rings is 1. The summed E-state index contributed by atoms with van der Waals surface area (Å²) < 4.78 is 46.5. The van der Waals surface area contributed by atoms with Gasteiger partial charge >= 0.3 is 7.82 Å². The quantitative estimate of drug-likeness (QED) is 0.818. The fourth-order valence-electron chi connectivity index (χ4n) is 3.11. The van der Waals surface area contributed by atoms with Crippen LogP contribution in [0.3, 0.4) is 0 Å². The highest BCUT2D eigenvalue weighted by atomic mass is 31.2. The molecule has 3 heterocycles. The highest BCUT2D eigenvalue weighted by molar-refractivity contribution is 7.49. The minimum absolute atomic E-state index is 0.343. The largest absolute Gasteiger partial charge is 0.530 e. The first kappa shape index (κ1) is 16.5. The van der Waals surface area contributed by atoms with E-state index >= 15 is 0 Å². The number of rotatable bonds is 3. The maximum absolute atomic E-state index is 12.9. The number of hydrogen-bond acceptors (Lipinski definition) is 8. The van der Waals surface area contributed by atoms with Crippen LogP contribution in [0.4, 0.5) is 0 Å². The third-order valence-electron chi connectivity index (χ3n) is 4.05. The van der Waals surface area contributed by atoms with Gasteiger partial charge in [0.15, 0.2) is 12.1 Å². The molecule has 0 spiro atoms. The molecule has 8 nitrogen and oxygen atoms in total. The van der Waals surface area contributed by atoms with Crippen molar-refractivity contribution in [3.63, 3.8) is 0 Å². The number of phosphoric acid groups is 1. The normalized spacial score (nSPS) is 43.2. The fourth-order valence-corrected chi connectivity index (χ4v) is 4.69. The number of para-hydroxylation sites is 1. The zero-order valence-electron chi connectivity index (χ0n) is 13.2. The number of aliphatic hydroxyl groups excluding tert-OH is 1. The Labute approximate surface area is 139 Å². The number of hydrogen-bond donors (Lipinski definition) is 1. The summed E-state index contributed by atoms with van der Waals surface area (Å²) >= 11 is 0. The first-order chi connectivity index (χ1) is 11.4. The van der Waals surface area contributed by atoms with E-state index in [1.165, 1.54) is 0 Å². The van der Waals surface area contributed by atoms with Gasteiger partial charge in [-0.15, -0.1) is 0 Å². The fraction of sp³-hybridized carbons (Fsp3) is 0.600. The minimum atomic E-state index is -3.94. The Morgan fingerprint density at radius 3 is 2.58 bits per heavy atom. The third kappa shape index (κ3) is 2.88. The molecule has 0 saturated carbocycles. The van der Waals surface area contributed by atoms with Gasteiger partial charge in [0.2, 0.25) is 0 Å². The molecule has 0 aromatic heterocycles. The summed E-state index contributed by atoms with van der Waals surface area (Å²) in [6.45, 7) is 3.12. The van der Waals surface area contributed by atoms with E-state index in [4.69, 9.17) is 27.8 Å². The predicted molar refractivity (Wildman–Crippen MR) is 80.2 cm³/mol. The van der Waals surface area contributed by atoms with E-state index in [-0.39, 0.29) is 0 Å². The summed E-state index contributed by atoms with van der Waals surface area (Å²) in [6.07, 6.45) is -3.48. The highest BCUT2D eigenvalue weighted by Crippen LogP contribution is 2.58. The Morgan fingerprint density at radius 2 is 1.88 bits per heavy atom. The summed E-state index contributed by atoms with van der Waals surface area (Å²) in [5, 5.41) is 9.58. The number of ether oxygens (including phenoxy) is 3. The van der Waals surface area contributed by atoms with Gasteiger partial charge in [-0.05, 0) is 26.0 Å². The molecule has 0 amide bonds. The topological polar surface area (TPSA) is 92.7 Å². The molecule has 132 valence electrons. The van der Waals surface area contributed by atoms with Crippen molar-refractivity contribution in [1.29, 1.82) is 0 Å². The first-order valence-corrected chi connectivity index (χ1v) is 9.19. The van der Waals surface area contributed by atoms with Gasteiger partial charge in [-0.3, -0.25) is 9.05 Å². The first-order valence-electron chi connectivity index (χ1n) is 7.73. The van der Waals surface area contributed by atoms with Crippen LogP contribution in [0.25, 0.3) is 0 Å². The molecule has 3 saturated heterocycles. The van der Waals surface area contributed by atoms with Crippen molar-refractivity contribution in [3.8, 4) is 5.75 Å². The van der Waals surface area contributed by atoms with Gasteiger partial charge in [0.1, 0.15) is 30.2 Å². The molecule has 6 atom stereocenters. The van der Waals surface area contributed by atoms with Crippen LogP contribution >= 0.6 is 7.82 Å². The molecule has 4 rings (SSSR count). The van der Waals surface area contributed by atoms with Crippen molar-refractivity contribution in [2.24, 2.45) is 0 Å². The Bertz CT molecular complexity index is 650. The van der Waals surface area contributed by atoms with Gasteiger partial charge in [0, 0.05) is 0 Å². The molecule has 1 aromatic carbocycles. The van der Waals surface area contributed by atoms with E-state index in [1.807, 2.05) is 0 Å². The molecule has 24 heavy (non-hydrogen) atoms. The molecule has 3 aliphatic heterocycles. The molecule has 0 radical (unpaired) electrons. The van der Waals surface area contributed by atoms with Crippen LogP contribution in [0.5, 0.6) is 5.75 Å². The van der Waals surface area contributed by atoms with Crippen LogP contribution in [0.1, 0.15) is 13.8 Å². The standard InChI is InChI=1S/C15H19O8P/c1-15(2)19-13-12-11(18-14(13)20-15)10(8-16)22-24(17,23-12)21-9-6-4-3-5-7-9/h3-7,10-14,16H,8H2,1-2H3/t10-,11-,12+,13-,14-,24-/m1/s1. The monoisotopic (exact) mass is 358 g/mol. The van der Waals surface area contributed by atoms with Crippen molar-refractivity contribution in [2.75, 3.05) is 6.61 Å². The van der Waals surface area contributed by atoms with Gasteiger partial charge in [-0.2, -0.15) is 0 Å². The van der Waals surface area contributed by atoms with Crippen molar-refractivity contribution >= 4 is 7.82 Å². The highest BCUT2D eigenvalue weighted by Gasteiger charge is 2.63. The molecule has 1 aromatic rings. The Morgan fingerprint density at radius 1 is 1.12 bits per heavy atom. The van der Waals surface area contributed by atoms with E-state index in [1.54, 1.807) is 44.2 Å². The molecule has 9 heteroatoms. The lowest BCUT2D eigenvalue weighted by molar-refractivity contribution is -0.232. The molecule has 0 unspecified atom stereocenters. The minimum Gasteiger partial charge on any atom is -0.404 e. The smallest absolute Gasteiger partial charge is 0.404 e. The zero-order valence-corrected chi connectivity index (χ0v) is 14.1. The number of aliphatic hydroxyl groups is 1. The molecule has 3 fully saturated rings. The maximum Gasteiger partial charge on any atom is 0.530 e. The molecule has 0 bridgehead atoms. The van der Waals surface area contributed by atoms with Crippen LogP contribution < -0.4 is 4.52 Å².